The molecule has 2 heterocycles. The van der Waals surface area contributed by atoms with Crippen LogP contribution in [0.2, 0.25) is 0 Å². The first kappa shape index (κ1) is 11.1. The highest BCUT2D eigenvalue weighted by Crippen LogP contribution is 2.25. The van der Waals surface area contributed by atoms with E-state index in [1.165, 1.54) is 5.75 Å². The summed E-state index contributed by atoms with van der Waals surface area (Å²) in [6.45, 7) is 4.42. The second kappa shape index (κ2) is 5.08. The summed E-state index contributed by atoms with van der Waals surface area (Å²) in [5.74, 6) is 2.79. The van der Waals surface area contributed by atoms with E-state index in [9.17, 15) is 0 Å². The van der Waals surface area contributed by atoms with E-state index in [-0.39, 0.29) is 0 Å². The van der Waals surface area contributed by atoms with Gasteiger partial charge in [-0.15, -0.1) is 11.6 Å². The van der Waals surface area contributed by atoms with Crippen molar-refractivity contribution in [1.82, 2.24) is 4.98 Å². The van der Waals surface area contributed by atoms with Crippen molar-refractivity contribution >= 4 is 29.2 Å². The molecule has 1 aliphatic rings. The van der Waals surface area contributed by atoms with Gasteiger partial charge in [-0.05, 0) is 6.07 Å². The predicted octanol–water partition coefficient (Wildman–Crippen LogP) is 2.76. The van der Waals surface area contributed by atoms with Gasteiger partial charge in [0, 0.05) is 35.9 Å². The second-order valence-electron chi connectivity index (χ2n) is 3.75. The lowest BCUT2D eigenvalue weighted by molar-refractivity contribution is 0.766. The van der Waals surface area contributed by atoms with Crippen molar-refractivity contribution in [2.24, 2.45) is 0 Å². The third-order valence-electron chi connectivity index (χ3n) is 2.55. The summed E-state index contributed by atoms with van der Waals surface area (Å²) in [5, 5.41) is 0.684. The number of aromatic nitrogens is 1. The molecule has 1 unspecified atom stereocenters. The molecule has 1 aromatic heterocycles. The number of hydrogen-bond donors (Lipinski definition) is 0. The molecule has 0 amide bonds. The normalized spacial score (nSPS) is 21.7. The van der Waals surface area contributed by atoms with Gasteiger partial charge in [0.05, 0.1) is 5.88 Å². The lowest BCUT2D eigenvalue weighted by Crippen LogP contribution is -2.37. The molecule has 1 atom stereocenters. The van der Waals surface area contributed by atoms with Gasteiger partial charge in [0.25, 0.3) is 0 Å². The van der Waals surface area contributed by atoms with Crippen molar-refractivity contribution in [2.75, 3.05) is 23.7 Å². The van der Waals surface area contributed by atoms with Crippen molar-refractivity contribution in [1.29, 1.82) is 0 Å². The van der Waals surface area contributed by atoms with Gasteiger partial charge in [-0.2, -0.15) is 11.8 Å². The van der Waals surface area contributed by atoms with Crippen LogP contribution in [0.25, 0.3) is 0 Å². The molecule has 0 N–H and O–H groups in total. The van der Waals surface area contributed by atoms with E-state index in [1.54, 1.807) is 0 Å². The molecular formula is C11H15ClN2S. The molecule has 0 bridgehead atoms. The first-order chi connectivity index (χ1) is 7.31. The fourth-order valence-electron chi connectivity index (χ4n) is 1.83. The van der Waals surface area contributed by atoms with Crippen LogP contribution in [0.4, 0.5) is 5.82 Å². The zero-order valence-corrected chi connectivity index (χ0v) is 10.4. The molecule has 1 aromatic rings. The average Bonchev–Trinajstić information content (AvgIpc) is 2.29. The van der Waals surface area contributed by atoms with Gasteiger partial charge < -0.3 is 4.90 Å². The Morgan fingerprint density at radius 2 is 2.53 bits per heavy atom. The van der Waals surface area contributed by atoms with Crippen LogP contribution in [0.15, 0.2) is 18.3 Å². The third-order valence-corrected chi connectivity index (χ3v) is 3.98. The minimum Gasteiger partial charge on any atom is -0.354 e. The van der Waals surface area contributed by atoms with E-state index in [1.807, 2.05) is 24.0 Å². The van der Waals surface area contributed by atoms with Gasteiger partial charge >= 0.3 is 0 Å². The molecule has 2 rings (SSSR count). The number of rotatable bonds is 2. The van der Waals surface area contributed by atoms with Crippen molar-refractivity contribution in [3.8, 4) is 0 Å². The Bertz CT molecular complexity index is 332. The van der Waals surface area contributed by atoms with Crippen molar-refractivity contribution in [3.05, 3.63) is 23.9 Å². The molecule has 1 aliphatic heterocycles. The van der Waals surface area contributed by atoms with Gasteiger partial charge in [0.1, 0.15) is 5.82 Å². The van der Waals surface area contributed by atoms with Gasteiger partial charge in [-0.25, -0.2) is 4.98 Å². The minimum atomic E-state index is 0.543. The molecule has 0 aromatic carbocycles. The Labute approximate surface area is 100 Å². The molecule has 82 valence electrons. The number of halogens is 1. The summed E-state index contributed by atoms with van der Waals surface area (Å²) in [6.07, 6.45) is 1.85. The fraction of sp³-hybridized carbons (Fsp3) is 0.545. The molecule has 1 fully saturated rings. The van der Waals surface area contributed by atoms with Crippen LogP contribution in [0.3, 0.4) is 0 Å². The van der Waals surface area contributed by atoms with Crippen molar-refractivity contribution < 1.29 is 0 Å². The Morgan fingerprint density at radius 1 is 1.67 bits per heavy atom. The first-order valence-corrected chi connectivity index (χ1v) is 6.76. The molecule has 2 nitrogen and oxygen atoms in total. The monoisotopic (exact) mass is 242 g/mol. The average molecular weight is 243 g/mol. The highest BCUT2D eigenvalue weighted by Gasteiger charge is 2.19. The summed E-state index contributed by atoms with van der Waals surface area (Å²) in [6, 6.07) is 4.01. The van der Waals surface area contributed by atoms with Crippen LogP contribution < -0.4 is 4.90 Å². The SMILES string of the molecule is CC1CN(c2ncccc2CCl)CCS1. The van der Waals surface area contributed by atoms with Gasteiger partial charge in [-0.3, -0.25) is 0 Å². The molecule has 0 aliphatic carbocycles. The maximum atomic E-state index is 5.92. The molecule has 15 heavy (non-hydrogen) atoms. The zero-order valence-electron chi connectivity index (χ0n) is 8.82. The van der Waals surface area contributed by atoms with Crippen LogP contribution in [-0.2, 0) is 5.88 Å². The Hall–Kier alpha value is -0.410. The van der Waals surface area contributed by atoms with E-state index in [4.69, 9.17) is 11.6 Å². The summed E-state index contributed by atoms with van der Waals surface area (Å²) >= 11 is 7.94. The highest BCUT2D eigenvalue weighted by atomic mass is 35.5. The number of anilines is 1. The number of pyridine rings is 1. The van der Waals surface area contributed by atoms with E-state index < -0.39 is 0 Å². The molecular weight excluding hydrogens is 228 g/mol. The van der Waals surface area contributed by atoms with E-state index in [0.717, 1.165) is 24.5 Å². The maximum Gasteiger partial charge on any atom is 0.132 e. The third kappa shape index (κ3) is 2.58. The Balaban J connectivity index is 2.20. The maximum absolute atomic E-state index is 5.92. The second-order valence-corrected chi connectivity index (χ2v) is 5.56. The molecule has 0 saturated carbocycles. The Morgan fingerprint density at radius 3 is 3.27 bits per heavy atom. The van der Waals surface area contributed by atoms with Crippen LogP contribution >= 0.6 is 23.4 Å². The predicted molar refractivity (Wildman–Crippen MR) is 67.9 cm³/mol. The number of alkyl halides is 1. The van der Waals surface area contributed by atoms with Crippen LogP contribution in [0.1, 0.15) is 12.5 Å². The molecule has 1 saturated heterocycles. The minimum absolute atomic E-state index is 0.543. The number of nitrogens with zero attached hydrogens (tertiary/aromatic N) is 2. The zero-order chi connectivity index (χ0) is 10.7. The fourth-order valence-corrected chi connectivity index (χ4v) is 3.05. The van der Waals surface area contributed by atoms with E-state index in [0.29, 0.717) is 11.1 Å². The van der Waals surface area contributed by atoms with Crippen LogP contribution in [-0.4, -0.2) is 29.1 Å². The lowest BCUT2D eigenvalue weighted by Gasteiger charge is -2.32. The largest absolute Gasteiger partial charge is 0.354 e. The Kier molecular flexibility index (Phi) is 3.76. The first-order valence-electron chi connectivity index (χ1n) is 5.17. The van der Waals surface area contributed by atoms with Crippen LogP contribution in [0, 0.1) is 0 Å². The molecule has 0 radical (unpaired) electrons. The molecule has 0 spiro atoms. The summed E-state index contributed by atoms with van der Waals surface area (Å²) in [4.78, 5) is 6.79. The van der Waals surface area contributed by atoms with Gasteiger partial charge in [0.15, 0.2) is 0 Å². The number of hydrogen-bond acceptors (Lipinski definition) is 3. The van der Waals surface area contributed by atoms with Gasteiger partial charge in [-0.1, -0.05) is 13.0 Å². The van der Waals surface area contributed by atoms with E-state index >= 15 is 0 Å². The highest BCUT2D eigenvalue weighted by molar-refractivity contribution is 8.00. The standard InChI is InChI=1S/C11H15ClN2S/c1-9-8-14(5-6-15-9)11-10(7-12)3-2-4-13-11/h2-4,9H,5-8H2,1H3. The lowest BCUT2D eigenvalue weighted by atomic mass is 10.2. The summed E-state index contributed by atoms with van der Waals surface area (Å²) in [5.41, 5.74) is 1.14. The topological polar surface area (TPSA) is 16.1 Å². The molecule has 4 heteroatoms. The van der Waals surface area contributed by atoms with Crippen LogP contribution in [0.5, 0.6) is 0 Å². The van der Waals surface area contributed by atoms with Gasteiger partial charge in [0.2, 0.25) is 0 Å². The smallest absolute Gasteiger partial charge is 0.132 e. The van der Waals surface area contributed by atoms with Crippen molar-refractivity contribution in [3.63, 3.8) is 0 Å². The number of thioether (sulfide) groups is 1. The quantitative estimate of drug-likeness (QED) is 0.742. The van der Waals surface area contributed by atoms with E-state index in [2.05, 4.69) is 22.9 Å². The summed E-state index contributed by atoms with van der Waals surface area (Å²) < 4.78 is 0. The van der Waals surface area contributed by atoms with Crippen molar-refractivity contribution in [2.45, 2.75) is 18.1 Å². The summed E-state index contributed by atoms with van der Waals surface area (Å²) in [7, 11) is 0.